The molecule has 0 bridgehead atoms. The summed E-state index contributed by atoms with van der Waals surface area (Å²) >= 11 is 0. The fraction of sp³-hybridized carbons (Fsp3) is 0.900. The van der Waals surface area contributed by atoms with Crippen LogP contribution in [0.4, 0.5) is 0 Å². The molecule has 0 saturated heterocycles. The Balaban J connectivity index is 1.95. The van der Waals surface area contributed by atoms with Gasteiger partial charge < -0.3 is 15.0 Å². The van der Waals surface area contributed by atoms with Crippen molar-refractivity contribution in [3.8, 4) is 0 Å². The molecule has 0 aromatic rings. The molecule has 0 heterocycles. The van der Waals surface area contributed by atoms with Crippen LogP contribution in [0.5, 0.6) is 0 Å². The Morgan fingerprint density at radius 2 is 2.29 bits per heavy atom. The molecule has 0 atom stereocenters. The molecule has 1 aliphatic carbocycles. The lowest BCUT2D eigenvalue weighted by Gasteiger charge is -2.16. The molecule has 14 heavy (non-hydrogen) atoms. The summed E-state index contributed by atoms with van der Waals surface area (Å²) in [6, 6.07) is 0. The van der Waals surface area contributed by atoms with E-state index >= 15 is 0 Å². The standard InChI is InChI=1S/C10H20N2O2/c1-11-7-10(13)12(2)5-6-14-8-9-3-4-9/h9,11H,3-8H2,1-2H3. The summed E-state index contributed by atoms with van der Waals surface area (Å²) in [7, 11) is 3.58. The van der Waals surface area contributed by atoms with Crippen molar-refractivity contribution in [1.82, 2.24) is 10.2 Å². The van der Waals surface area contributed by atoms with Crippen LogP contribution in [0.2, 0.25) is 0 Å². The minimum absolute atomic E-state index is 0.113. The summed E-state index contributed by atoms with van der Waals surface area (Å²) < 4.78 is 5.44. The molecule has 0 aromatic heterocycles. The van der Waals surface area contributed by atoms with Gasteiger partial charge in [-0.1, -0.05) is 0 Å². The van der Waals surface area contributed by atoms with Crippen LogP contribution in [0.3, 0.4) is 0 Å². The molecule has 4 heteroatoms. The largest absolute Gasteiger partial charge is 0.379 e. The lowest BCUT2D eigenvalue weighted by atomic mass is 10.4. The fourth-order valence-corrected chi connectivity index (χ4v) is 1.15. The minimum atomic E-state index is 0.113. The smallest absolute Gasteiger partial charge is 0.236 e. The highest BCUT2D eigenvalue weighted by Gasteiger charge is 2.21. The predicted octanol–water partition coefficient (Wildman–Crippen LogP) is 0.0908. The maximum Gasteiger partial charge on any atom is 0.236 e. The van der Waals surface area contributed by atoms with Crippen molar-refractivity contribution >= 4 is 5.91 Å². The maximum absolute atomic E-state index is 11.3. The molecule has 1 N–H and O–H groups in total. The van der Waals surface area contributed by atoms with E-state index in [-0.39, 0.29) is 5.91 Å². The van der Waals surface area contributed by atoms with Crippen LogP contribution < -0.4 is 5.32 Å². The maximum atomic E-state index is 11.3. The van der Waals surface area contributed by atoms with Gasteiger partial charge in [0.2, 0.25) is 5.91 Å². The Morgan fingerprint density at radius 1 is 1.57 bits per heavy atom. The minimum Gasteiger partial charge on any atom is -0.379 e. The molecule has 82 valence electrons. The van der Waals surface area contributed by atoms with Crippen molar-refractivity contribution in [3.63, 3.8) is 0 Å². The van der Waals surface area contributed by atoms with Gasteiger partial charge in [0.1, 0.15) is 0 Å². The Morgan fingerprint density at radius 3 is 2.86 bits per heavy atom. The van der Waals surface area contributed by atoms with Gasteiger partial charge in [-0.05, 0) is 25.8 Å². The van der Waals surface area contributed by atoms with E-state index in [2.05, 4.69) is 5.32 Å². The summed E-state index contributed by atoms with van der Waals surface area (Å²) in [6.45, 7) is 2.61. The number of nitrogens with zero attached hydrogens (tertiary/aromatic N) is 1. The van der Waals surface area contributed by atoms with Gasteiger partial charge in [0.25, 0.3) is 0 Å². The van der Waals surface area contributed by atoms with E-state index in [1.807, 2.05) is 0 Å². The van der Waals surface area contributed by atoms with Gasteiger partial charge in [0.15, 0.2) is 0 Å². The highest BCUT2D eigenvalue weighted by molar-refractivity contribution is 5.77. The summed E-state index contributed by atoms with van der Waals surface area (Å²) in [4.78, 5) is 13.0. The van der Waals surface area contributed by atoms with Gasteiger partial charge in [-0.25, -0.2) is 0 Å². The Bertz CT molecular complexity index is 181. The third-order valence-corrected chi connectivity index (χ3v) is 2.38. The second-order valence-corrected chi connectivity index (χ2v) is 3.86. The van der Waals surface area contributed by atoms with E-state index in [1.165, 1.54) is 12.8 Å². The molecular formula is C10H20N2O2. The number of likely N-dealkylation sites (N-methyl/N-ethyl adjacent to an activating group) is 2. The van der Waals surface area contributed by atoms with Crippen molar-refractivity contribution in [2.75, 3.05) is 40.4 Å². The number of hydrogen-bond donors (Lipinski definition) is 1. The molecule has 1 fully saturated rings. The average Bonchev–Trinajstić information content (AvgIpc) is 2.96. The number of hydrogen-bond acceptors (Lipinski definition) is 3. The molecule has 1 rings (SSSR count). The zero-order valence-electron chi connectivity index (χ0n) is 9.08. The highest BCUT2D eigenvalue weighted by atomic mass is 16.5. The predicted molar refractivity (Wildman–Crippen MR) is 55.1 cm³/mol. The van der Waals surface area contributed by atoms with E-state index in [0.29, 0.717) is 19.7 Å². The lowest BCUT2D eigenvalue weighted by Crippen LogP contribution is -2.36. The van der Waals surface area contributed by atoms with Crippen LogP contribution in [-0.4, -0.2) is 51.2 Å². The monoisotopic (exact) mass is 200 g/mol. The SMILES string of the molecule is CNCC(=O)N(C)CCOCC1CC1. The van der Waals surface area contributed by atoms with Crippen molar-refractivity contribution in [3.05, 3.63) is 0 Å². The zero-order chi connectivity index (χ0) is 10.4. The van der Waals surface area contributed by atoms with E-state index in [1.54, 1.807) is 19.0 Å². The summed E-state index contributed by atoms with van der Waals surface area (Å²) in [5.74, 6) is 0.913. The molecule has 1 aliphatic rings. The highest BCUT2D eigenvalue weighted by Crippen LogP contribution is 2.28. The molecule has 1 saturated carbocycles. The van der Waals surface area contributed by atoms with Gasteiger partial charge in [-0.3, -0.25) is 4.79 Å². The zero-order valence-corrected chi connectivity index (χ0v) is 9.08. The first-order valence-electron chi connectivity index (χ1n) is 5.20. The van der Waals surface area contributed by atoms with Crippen LogP contribution in [0.15, 0.2) is 0 Å². The van der Waals surface area contributed by atoms with Gasteiger partial charge >= 0.3 is 0 Å². The van der Waals surface area contributed by atoms with Crippen LogP contribution in [0.1, 0.15) is 12.8 Å². The molecule has 0 radical (unpaired) electrons. The molecular weight excluding hydrogens is 180 g/mol. The molecule has 4 nitrogen and oxygen atoms in total. The number of nitrogens with one attached hydrogen (secondary N) is 1. The summed E-state index contributed by atoms with van der Waals surface area (Å²) in [6.07, 6.45) is 2.63. The Labute approximate surface area is 85.6 Å². The quantitative estimate of drug-likeness (QED) is 0.592. The van der Waals surface area contributed by atoms with E-state index < -0.39 is 0 Å². The van der Waals surface area contributed by atoms with Gasteiger partial charge in [-0.15, -0.1) is 0 Å². The van der Waals surface area contributed by atoms with Crippen molar-refractivity contribution < 1.29 is 9.53 Å². The molecule has 0 aliphatic heterocycles. The summed E-state index contributed by atoms with van der Waals surface area (Å²) in [5, 5.41) is 2.83. The Hall–Kier alpha value is -0.610. The molecule has 1 amide bonds. The van der Waals surface area contributed by atoms with E-state index in [4.69, 9.17) is 4.74 Å². The van der Waals surface area contributed by atoms with Gasteiger partial charge in [-0.2, -0.15) is 0 Å². The van der Waals surface area contributed by atoms with Crippen molar-refractivity contribution in [1.29, 1.82) is 0 Å². The lowest BCUT2D eigenvalue weighted by molar-refractivity contribution is -0.129. The fourth-order valence-electron chi connectivity index (χ4n) is 1.15. The number of amides is 1. The number of carbonyl (C=O) groups excluding carboxylic acids is 1. The normalized spacial score (nSPS) is 15.6. The van der Waals surface area contributed by atoms with Gasteiger partial charge in [0.05, 0.1) is 13.2 Å². The van der Waals surface area contributed by atoms with Crippen molar-refractivity contribution in [2.24, 2.45) is 5.92 Å². The second-order valence-electron chi connectivity index (χ2n) is 3.86. The number of ether oxygens (including phenoxy) is 1. The first-order valence-corrected chi connectivity index (χ1v) is 5.20. The topological polar surface area (TPSA) is 41.6 Å². The molecule has 0 spiro atoms. The van der Waals surface area contributed by atoms with Gasteiger partial charge in [0, 0.05) is 20.2 Å². The number of carbonyl (C=O) groups is 1. The van der Waals surface area contributed by atoms with Crippen LogP contribution in [-0.2, 0) is 9.53 Å². The van der Waals surface area contributed by atoms with E-state index in [9.17, 15) is 4.79 Å². The van der Waals surface area contributed by atoms with E-state index in [0.717, 1.165) is 12.5 Å². The Kier molecular flexibility index (Phi) is 4.90. The third-order valence-electron chi connectivity index (χ3n) is 2.38. The molecule has 0 unspecified atom stereocenters. The number of rotatable bonds is 7. The van der Waals surface area contributed by atoms with Crippen LogP contribution >= 0.6 is 0 Å². The van der Waals surface area contributed by atoms with Crippen molar-refractivity contribution in [2.45, 2.75) is 12.8 Å². The molecule has 0 aromatic carbocycles. The first kappa shape index (κ1) is 11.5. The second kappa shape index (κ2) is 5.98. The summed E-state index contributed by atoms with van der Waals surface area (Å²) in [5.41, 5.74) is 0. The van der Waals surface area contributed by atoms with Crippen LogP contribution in [0, 0.1) is 5.92 Å². The van der Waals surface area contributed by atoms with Crippen LogP contribution in [0.25, 0.3) is 0 Å². The first-order chi connectivity index (χ1) is 6.74. The average molecular weight is 200 g/mol. The third kappa shape index (κ3) is 4.58.